The minimum atomic E-state index is -0.477. The van der Waals surface area contributed by atoms with Crippen LogP contribution in [0.1, 0.15) is 0 Å². The summed E-state index contributed by atoms with van der Waals surface area (Å²) in [6, 6.07) is 30.8. The van der Waals surface area contributed by atoms with E-state index in [1.807, 2.05) is 60.7 Å². The molecule has 7 nitrogen and oxygen atoms in total. The van der Waals surface area contributed by atoms with Crippen LogP contribution in [0.15, 0.2) is 119 Å². The average Bonchev–Trinajstić information content (AvgIpc) is 3.18. The summed E-state index contributed by atoms with van der Waals surface area (Å²) in [5, 5.41) is 3.15. The Morgan fingerprint density at radius 2 is 1.32 bits per heavy atom. The number of para-hydroxylation sites is 1. The van der Waals surface area contributed by atoms with E-state index in [0.717, 1.165) is 9.80 Å². The van der Waals surface area contributed by atoms with E-state index in [1.54, 1.807) is 49.6 Å². The molecule has 0 spiro atoms. The lowest BCUT2D eigenvalue weighted by molar-refractivity contribution is -0.120. The van der Waals surface area contributed by atoms with Crippen LogP contribution < -0.4 is 24.4 Å². The first-order valence-electron chi connectivity index (χ1n) is 11.8. The number of rotatable bonds is 9. The van der Waals surface area contributed by atoms with Crippen molar-refractivity contribution in [1.82, 2.24) is 0 Å². The smallest absolute Gasteiger partial charge is 0.283 e. The number of hydrogen-bond donors (Lipinski definition) is 1. The molecule has 4 aromatic carbocycles. The van der Waals surface area contributed by atoms with Crippen LogP contribution in [0.5, 0.6) is 23.0 Å². The van der Waals surface area contributed by atoms with Crippen LogP contribution in [0.3, 0.4) is 0 Å². The number of anilines is 2. The maximum Gasteiger partial charge on any atom is 0.283 e. The minimum absolute atomic E-state index is 0.153. The molecule has 1 aliphatic heterocycles. The molecule has 0 fully saturated rings. The summed E-state index contributed by atoms with van der Waals surface area (Å²) in [6.07, 6.45) is 0. The Balaban J connectivity index is 1.48. The van der Waals surface area contributed by atoms with Crippen LogP contribution in [0.4, 0.5) is 11.4 Å². The van der Waals surface area contributed by atoms with Crippen LogP contribution in [0, 0.1) is 0 Å². The largest absolute Gasteiger partial charge is 0.497 e. The molecule has 190 valence electrons. The molecular formula is C30H24N2O5S. The predicted molar refractivity (Wildman–Crippen MR) is 148 cm³/mol. The van der Waals surface area contributed by atoms with E-state index in [9.17, 15) is 9.59 Å². The summed E-state index contributed by atoms with van der Waals surface area (Å²) < 4.78 is 16.7. The van der Waals surface area contributed by atoms with Gasteiger partial charge in [0.05, 0.1) is 25.6 Å². The molecule has 1 aliphatic rings. The number of benzene rings is 4. The molecule has 0 aliphatic carbocycles. The maximum absolute atomic E-state index is 13.7. The van der Waals surface area contributed by atoms with Gasteiger partial charge in [0.15, 0.2) is 0 Å². The molecule has 1 N–H and O–H groups in total. The Hall–Kier alpha value is -4.69. The number of thioether (sulfide) groups is 1. The number of carbonyl (C=O) groups excluding carboxylic acids is 2. The van der Waals surface area contributed by atoms with Crippen molar-refractivity contribution in [2.75, 3.05) is 24.4 Å². The summed E-state index contributed by atoms with van der Waals surface area (Å²) in [4.78, 5) is 29.7. The maximum atomic E-state index is 13.7. The molecule has 2 amide bonds. The SMILES string of the molecule is COc1ccc(OC)c(NC2=C(Sc3ccccc3)C(=O)N(c3ccc(Oc4ccccc4)cc3)C2=O)c1. The molecule has 38 heavy (non-hydrogen) atoms. The van der Waals surface area contributed by atoms with E-state index in [2.05, 4.69) is 5.32 Å². The van der Waals surface area contributed by atoms with Gasteiger partial charge in [-0.2, -0.15) is 0 Å². The normalized spacial score (nSPS) is 13.1. The fourth-order valence-electron chi connectivity index (χ4n) is 3.89. The molecule has 8 heteroatoms. The molecule has 5 rings (SSSR count). The minimum Gasteiger partial charge on any atom is -0.497 e. The lowest BCUT2D eigenvalue weighted by atomic mass is 10.2. The second kappa shape index (κ2) is 11.1. The number of ether oxygens (including phenoxy) is 3. The monoisotopic (exact) mass is 524 g/mol. The van der Waals surface area contributed by atoms with E-state index in [4.69, 9.17) is 14.2 Å². The Morgan fingerprint density at radius 1 is 0.684 bits per heavy atom. The third-order valence-electron chi connectivity index (χ3n) is 5.74. The van der Waals surface area contributed by atoms with Crippen molar-refractivity contribution in [3.63, 3.8) is 0 Å². The topological polar surface area (TPSA) is 77.1 Å². The zero-order chi connectivity index (χ0) is 26.5. The van der Waals surface area contributed by atoms with Crippen molar-refractivity contribution < 1.29 is 23.8 Å². The van der Waals surface area contributed by atoms with Gasteiger partial charge in [-0.05, 0) is 60.7 Å². The van der Waals surface area contributed by atoms with E-state index >= 15 is 0 Å². The highest BCUT2D eigenvalue weighted by Gasteiger charge is 2.40. The van der Waals surface area contributed by atoms with Gasteiger partial charge < -0.3 is 19.5 Å². The number of amides is 2. The Kier molecular flexibility index (Phi) is 7.33. The van der Waals surface area contributed by atoms with Crippen molar-refractivity contribution in [2.24, 2.45) is 0 Å². The first kappa shape index (κ1) is 25.0. The zero-order valence-corrected chi connectivity index (χ0v) is 21.5. The first-order valence-corrected chi connectivity index (χ1v) is 12.6. The Labute approximate surface area is 224 Å². The molecule has 0 bridgehead atoms. The number of carbonyl (C=O) groups is 2. The van der Waals surface area contributed by atoms with E-state index < -0.39 is 11.8 Å². The van der Waals surface area contributed by atoms with Crippen LogP contribution in [0.25, 0.3) is 0 Å². The number of imide groups is 1. The van der Waals surface area contributed by atoms with Crippen LogP contribution >= 0.6 is 11.8 Å². The molecule has 4 aromatic rings. The van der Waals surface area contributed by atoms with Crippen molar-refractivity contribution >= 4 is 35.0 Å². The second-order valence-electron chi connectivity index (χ2n) is 8.17. The molecule has 0 atom stereocenters. The lowest BCUT2D eigenvalue weighted by Gasteiger charge is -2.16. The fourth-order valence-corrected chi connectivity index (χ4v) is 4.84. The quantitative estimate of drug-likeness (QED) is 0.251. The Morgan fingerprint density at radius 3 is 1.97 bits per heavy atom. The number of nitrogens with zero attached hydrogens (tertiary/aromatic N) is 1. The molecule has 1 heterocycles. The van der Waals surface area contributed by atoms with E-state index in [1.165, 1.54) is 18.9 Å². The summed E-state index contributed by atoms with van der Waals surface area (Å²) in [7, 11) is 3.09. The van der Waals surface area contributed by atoms with Gasteiger partial charge in [-0.3, -0.25) is 9.59 Å². The molecule has 0 radical (unpaired) electrons. The summed E-state index contributed by atoms with van der Waals surface area (Å²) in [5.74, 6) is 1.46. The van der Waals surface area contributed by atoms with Gasteiger partial charge in [0.1, 0.15) is 33.6 Å². The third kappa shape index (κ3) is 5.21. The highest BCUT2D eigenvalue weighted by atomic mass is 32.2. The van der Waals surface area contributed by atoms with Crippen molar-refractivity contribution in [1.29, 1.82) is 0 Å². The first-order chi connectivity index (χ1) is 18.6. The highest BCUT2D eigenvalue weighted by molar-refractivity contribution is 8.04. The standard InChI is InChI=1S/C30H24N2O5S/c1-35-23-17-18-26(36-2)25(19-23)31-27-28(38-24-11-7-4-8-12-24)30(34)32(29(27)33)20-13-15-22(16-14-20)37-21-9-5-3-6-10-21/h3-19,31H,1-2H3. The van der Waals surface area contributed by atoms with Crippen LogP contribution in [0.2, 0.25) is 0 Å². The Bertz CT molecular complexity index is 1490. The van der Waals surface area contributed by atoms with Gasteiger partial charge in [-0.1, -0.05) is 48.2 Å². The number of methoxy groups -OCH3 is 2. The fraction of sp³-hybridized carbons (Fsp3) is 0.0667. The van der Waals surface area contributed by atoms with Crippen LogP contribution in [-0.2, 0) is 9.59 Å². The third-order valence-corrected chi connectivity index (χ3v) is 6.84. The average molecular weight is 525 g/mol. The predicted octanol–water partition coefficient (Wildman–Crippen LogP) is 6.49. The molecular weight excluding hydrogens is 500 g/mol. The van der Waals surface area contributed by atoms with Crippen LogP contribution in [-0.4, -0.2) is 26.0 Å². The molecule has 0 saturated heterocycles. The van der Waals surface area contributed by atoms with E-state index in [0.29, 0.717) is 34.4 Å². The lowest BCUT2D eigenvalue weighted by Crippen LogP contribution is -2.32. The van der Waals surface area contributed by atoms with Crippen molar-refractivity contribution in [3.05, 3.63) is 114 Å². The molecule has 0 aromatic heterocycles. The van der Waals surface area contributed by atoms with Gasteiger partial charge in [0, 0.05) is 11.0 Å². The van der Waals surface area contributed by atoms with Gasteiger partial charge in [0.25, 0.3) is 11.8 Å². The number of nitrogens with one attached hydrogen (secondary N) is 1. The summed E-state index contributed by atoms with van der Waals surface area (Å²) in [5.41, 5.74) is 1.09. The van der Waals surface area contributed by atoms with Crippen molar-refractivity contribution in [2.45, 2.75) is 4.90 Å². The van der Waals surface area contributed by atoms with Gasteiger partial charge in [-0.25, -0.2) is 4.90 Å². The van der Waals surface area contributed by atoms with Gasteiger partial charge in [-0.15, -0.1) is 0 Å². The summed E-state index contributed by atoms with van der Waals surface area (Å²) >= 11 is 1.23. The molecule has 0 saturated carbocycles. The highest BCUT2D eigenvalue weighted by Crippen LogP contribution is 2.40. The second-order valence-corrected chi connectivity index (χ2v) is 9.25. The van der Waals surface area contributed by atoms with Crippen molar-refractivity contribution in [3.8, 4) is 23.0 Å². The van der Waals surface area contributed by atoms with E-state index in [-0.39, 0.29) is 10.6 Å². The summed E-state index contributed by atoms with van der Waals surface area (Å²) in [6.45, 7) is 0. The van der Waals surface area contributed by atoms with Gasteiger partial charge in [0.2, 0.25) is 0 Å². The van der Waals surface area contributed by atoms with Gasteiger partial charge >= 0.3 is 0 Å². The molecule has 0 unspecified atom stereocenters. The number of hydrogen-bond acceptors (Lipinski definition) is 7. The zero-order valence-electron chi connectivity index (χ0n) is 20.7.